The van der Waals surface area contributed by atoms with Crippen molar-refractivity contribution in [1.82, 2.24) is 10.2 Å². The van der Waals surface area contributed by atoms with E-state index < -0.39 is 6.03 Å². The Balaban J connectivity index is 1.60. The van der Waals surface area contributed by atoms with Crippen molar-refractivity contribution in [2.24, 2.45) is 11.7 Å². The van der Waals surface area contributed by atoms with Gasteiger partial charge in [0.25, 0.3) is 5.91 Å². The van der Waals surface area contributed by atoms with Gasteiger partial charge in [0, 0.05) is 25.6 Å². The van der Waals surface area contributed by atoms with Gasteiger partial charge in [0.1, 0.15) is 0 Å². The quantitative estimate of drug-likeness (QED) is 0.514. The summed E-state index contributed by atoms with van der Waals surface area (Å²) in [6.45, 7) is 1.18. The fraction of sp³-hybridized carbons (Fsp3) is 0.833. The normalized spacial score (nSPS) is 22.8. The Bertz CT molecular complexity index is 467. The van der Waals surface area contributed by atoms with E-state index >= 15 is 0 Å². The number of primary amides is 1. The number of likely N-dealkylation sites (tertiary alicyclic amines) is 1. The largest absolute Gasteiger partial charge is 0.456 e. The molecular weight excluding hydrogens is 322 g/mol. The number of urea groups is 1. The summed E-state index contributed by atoms with van der Waals surface area (Å²) in [5, 5.41) is 2.51. The van der Waals surface area contributed by atoms with Gasteiger partial charge in [0.15, 0.2) is 6.61 Å². The number of nitrogens with zero attached hydrogens (tertiary/aromatic N) is 1. The predicted molar refractivity (Wildman–Crippen MR) is 93.7 cm³/mol. The maximum atomic E-state index is 12.4. The van der Waals surface area contributed by atoms with E-state index in [1.54, 1.807) is 0 Å². The first-order valence-corrected chi connectivity index (χ1v) is 9.56. The second kappa shape index (κ2) is 10.3. The van der Waals surface area contributed by atoms with Gasteiger partial charge in [-0.05, 0) is 44.4 Å². The zero-order chi connectivity index (χ0) is 18.1. The molecule has 0 aromatic rings. The highest BCUT2D eigenvalue weighted by Crippen LogP contribution is 2.35. The maximum Gasteiger partial charge on any atom is 0.312 e. The number of hydrogen-bond donors (Lipinski definition) is 2. The van der Waals surface area contributed by atoms with Crippen LogP contribution in [-0.4, -0.2) is 48.5 Å². The molecule has 25 heavy (non-hydrogen) atoms. The van der Waals surface area contributed by atoms with Crippen LogP contribution in [0.25, 0.3) is 0 Å². The number of hydrogen-bond acceptors (Lipinski definition) is 4. The Morgan fingerprint density at radius 3 is 2.60 bits per heavy atom. The molecule has 2 fully saturated rings. The lowest BCUT2D eigenvalue weighted by atomic mass is 9.78. The molecule has 0 aromatic carbocycles. The third-order valence-corrected chi connectivity index (χ3v) is 5.28. The van der Waals surface area contributed by atoms with E-state index in [1.165, 1.54) is 25.7 Å². The molecule has 2 atom stereocenters. The molecule has 0 spiro atoms. The third kappa shape index (κ3) is 6.55. The standard InChI is InChI=1S/C18H31N3O4/c19-18(24)20-11-5-1-2-10-17(23)25-13-16(22)21-12-6-8-14-7-3-4-9-15(14)21/h14-15H,1-13H2,(H3,19,20,24)/t14-,15+/m0/s1. The first-order valence-electron chi connectivity index (χ1n) is 9.56. The lowest BCUT2D eigenvalue weighted by Gasteiger charge is -2.44. The van der Waals surface area contributed by atoms with E-state index in [-0.39, 0.29) is 18.5 Å². The number of unbranched alkanes of at least 4 members (excludes halogenated alkanes) is 2. The summed E-state index contributed by atoms with van der Waals surface area (Å²) in [5.74, 6) is 0.264. The third-order valence-electron chi connectivity index (χ3n) is 5.28. The number of nitrogens with one attached hydrogen (secondary N) is 1. The van der Waals surface area contributed by atoms with Gasteiger partial charge in [-0.3, -0.25) is 9.59 Å². The van der Waals surface area contributed by atoms with Crippen LogP contribution in [0.3, 0.4) is 0 Å². The van der Waals surface area contributed by atoms with Crippen LogP contribution in [0.1, 0.15) is 64.2 Å². The monoisotopic (exact) mass is 353 g/mol. The van der Waals surface area contributed by atoms with Crippen molar-refractivity contribution in [3.05, 3.63) is 0 Å². The molecule has 0 bridgehead atoms. The van der Waals surface area contributed by atoms with Crippen molar-refractivity contribution in [3.63, 3.8) is 0 Å². The van der Waals surface area contributed by atoms with E-state index in [2.05, 4.69) is 5.32 Å². The van der Waals surface area contributed by atoms with Crippen LogP contribution >= 0.6 is 0 Å². The smallest absolute Gasteiger partial charge is 0.312 e. The number of ether oxygens (including phenoxy) is 1. The van der Waals surface area contributed by atoms with Gasteiger partial charge < -0.3 is 20.7 Å². The summed E-state index contributed by atoms with van der Waals surface area (Å²) in [6, 6.07) is -0.178. The first kappa shape index (κ1) is 19.5. The van der Waals surface area contributed by atoms with Crippen LogP contribution in [0.4, 0.5) is 4.79 Å². The lowest BCUT2D eigenvalue weighted by Crippen LogP contribution is -2.50. The number of piperidine rings is 1. The molecule has 7 nitrogen and oxygen atoms in total. The lowest BCUT2D eigenvalue weighted by molar-refractivity contribution is -0.155. The average Bonchev–Trinajstić information content (AvgIpc) is 2.61. The van der Waals surface area contributed by atoms with Crippen LogP contribution in [-0.2, 0) is 14.3 Å². The van der Waals surface area contributed by atoms with Crippen molar-refractivity contribution in [3.8, 4) is 0 Å². The SMILES string of the molecule is NC(=O)NCCCCCC(=O)OCC(=O)N1CCC[C@@H]2CCCC[C@H]21. The summed E-state index contributed by atoms with van der Waals surface area (Å²) < 4.78 is 5.16. The second-order valence-corrected chi connectivity index (χ2v) is 7.10. The Labute approximate surface area is 149 Å². The van der Waals surface area contributed by atoms with Gasteiger partial charge in [-0.1, -0.05) is 19.3 Å². The highest BCUT2D eigenvalue weighted by atomic mass is 16.5. The van der Waals surface area contributed by atoms with Crippen LogP contribution < -0.4 is 11.1 Å². The molecule has 0 radical (unpaired) electrons. The number of carbonyl (C=O) groups excluding carboxylic acids is 3. The molecule has 2 aliphatic rings. The van der Waals surface area contributed by atoms with Gasteiger partial charge >= 0.3 is 12.0 Å². The Morgan fingerprint density at radius 2 is 1.80 bits per heavy atom. The molecule has 7 heteroatoms. The molecule has 3 N–H and O–H groups in total. The second-order valence-electron chi connectivity index (χ2n) is 7.10. The van der Waals surface area contributed by atoms with E-state index in [1.807, 2.05) is 4.90 Å². The molecule has 1 heterocycles. The minimum atomic E-state index is -0.532. The molecule has 3 amide bonds. The van der Waals surface area contributed by atoms with Crippen molar-refractivity contribution < 1.29 is 19.1 Å². The fourth-order valence-corrected chi connectivity index (χ4v) is 4.01. The van der Waals surface area contributed by atoms with Crippen molar-refractivity contribution in [2.75, 3.05) is 19.7 Å². The molecule has 1 saturated heterocycles. The van der Waals surface area contributed by atoms with Crippen molar-refractivity contribution >= 4 is 17.9 Å². The van der Waals surface area contributed by atoms with Crippen LogP contribution in [0.15, 0.2) is 0 Å². The maximum absolute atomic E-state index is 12.4. The predicted octanol–water partition coefficient (Wildman–Crippen LogP) is 1.94. The summed E-state index contributed by atoms with van der Waals surface area (Å²) in [7, 11) is 0. The van der Waals surface area contributed by atoms with Gasteiger partial charge in [-0.15, -0.1) is 0 Å². The summed E-state index contributed by atoms with van der Waals surface area (Å²) in [5.41, 5.74) is 4.97. The van der Waals surface area contributed by atoms with Crippen LogP contribution in [0.2, 0.25) is 0 Å². The molecule has 142 valence electrons. The number of amides is 3. The number of fused-ring (bicyclic) bond motifs is 1. The minimum absolute atomic E-state index is 0.0457. The molecular formula is C18H31N3O4. The zero-order valence-electron chi connectivity index (χ0n) is 15.0. The first-order chi connectivity index (χ1) is 12.1. The number of esters is 1. The number of carbonyl (C=O) groups is 3. The van der Waals surface area contributed by atoms with E-state index in [0.29, 0.717) is 31.3 Å². The Morgan fingerprint density at radius 1 is 1.04 bits per heavy atom. The molecule has 0 unspecified atom stereocenters. The summed E-state index contributed by atoms with van der Waals surface area (Å²) >= 11 is 0. The van der Waals surface area contributed by atoms with Crippen molar-refractivity contribution in [2.45, 2.75) is 70.3 Å². The summed E-state index contributed by atoms with van der Waals surface area (Å²) in [4.78, 5) is 36.7. The van der Waals surface area contributed by atoms with Crippen LogP contribution in [0, 0.1) is 5.92 Å². The van der Waals surface area contributed by atoms with Gasteiger partial charge in [0.2, 0.25) is 0 Å². The van der Waals surface area contributed by atoms with Crippen molar-refractivity contribution in [1.29, 1.82) is 0 Å². The van der Waals surface area contributed by atoms with E-state index in [9.17, 15) is 14.4 Å². The fourth-order valence-electron chi connectivity index (χ4n) is 4.01. The molecule has 1 saturated carbocycles. The molecule has 2 rings (SSSR count). The Kier molecular flexibility index (Phi) is 8.01. The Hall–Kier alpha value is -1.79. The highest BCUT2D eigenvalue weighted by Gasteiger charge is 2.35. The van der Waals surface area contributed by atoms with E-state index in [4.69, 9.17) is 10.5 Å². The van der Waals surface area contributed by atoms with Gasteiger partial charge in [-0.2, -0.15) is 0 Å². The van der Waals surface area contributed by atoms with Crippen LogP contribution in [0.5, 0.6) is 0 Å². The number of nitrogens with two attached hydrogens (primary N) is 1. The molecule has 1 aliphatic heterocycles. The van der Waals surface area contributed by atoms with Gasteiger partial charge in [-0.25, -0.2) is 4.79 Å². The molecule has 0 aromatic heterocycles. The van der Waals surface area contributed by atoms with Gasteiger partial charge in [0.05, 0.1) is 0 Å². The molecule has 1 aliphatic carbocycles. The van der Waals surface area contributed by atoms with E-state index in [0.717, 1.165) is 32.2 Å². The summed E-state index contributed by atoms with van der Waals surface area (Å²) in [6.07, 6.45) is 9.60. The zero-order valence-corrected chi connectivity index (χ0v) is 15.0. The minimum Gasteiger partial charge on any atom is -0.456 e. The topological polar surface area (TPSA) is 102 Å². The average molecular weight is 353 g/mol. The highest BCUT2D eigenvalue weighted by molar-refractivity contribution is 5.81. The number of rotatable bonds is 8.